The van der Waals surface area contributed by atoms with Crippen molar-refractivity contribution >= 4 is 17.5 Å². The first-order chi connectivity index (χ1) is 15.2. The molecule has 4 aliphatic rings. The molecule has 2 aliphatic carbocycles. The van der Waals surface area contributed by atoms with E-state index in [9.17, 15) is 15.0 Å². The van der Waals surface area contributed by atoms with Crippen LogP contribution >= 0.6 is 11.6 Å². The zero-order chi connectivity index (χ0) is 22.9. The largest absolute Gasteiger partial charge is 0.386 e. The second-order valence-corrected chi connectivity index (χ2v) is 10.4. The van der Waals surface area contributed by atoms with E-state index < -0.39 is 42.3 Å². The SMILES string of the molecule is C1CCC2(CC1)CC2.CC1(C)OC[C@H]([C@H]2O[C@H](O)[C@H](O)[C@@H]2NC(=O)c2cccc(Cl)c2)O1. The summed E-state index contributed by atoms with van der Waals surface area (Å²) in [5.41, 5.74) is 1.27. The van der Waals surface area contributed by atoms with E-state index in [0.717, 1.165) is 5.41 Å². The van der Waals surface area contributed by atoms with Crippen molar-refractivity contribution in [3.05, 3.63) is 34.9 Å². The van der Waals surface area contributed by atoms with Gasteiger partial charge in [0.25, 0.3) is 5.91 Å². The number of amides is 1. The fourth-order valence-electron chi connectivity index (χ4n) is 4.90. The van der Waals surface area contributed by atoms with Crippen molar-refractivity contribution in [2.45, 2.75) is 95.2 Å². The summed E-state index contributed by atoms with van der Waals surface area (Å²) in [7, 11) is 0. The molecule has 0 unspecified atom stereocenters. The highest BCUT2D eigenvalue weighted by atomic mass is 35.5. The summed E-state index contributed by atoms with van der Waals surface area (Å²) in [4.78, 5) is 12.4. The summed E-state index contributed by atoms with van der Waals surface area (Å²) in [5, 5.41) is 23.1. The van der Waals surface area contributed by atoms with Crippen LogP contribution in [0.1, 0.15) is 69.2 Å². The van der Waals surface area contributed by atoms with Gasteiger partial charge in [-0.1, -0.05) is 36.9 Å². The van der Waals surface area contributed by atoms with Crippen molar-refractivity contribution in [1.82, 2.24) is 5.32 Å². The van der Waals surface area contributed by atoms with Gasteiger partial charge in [0.1, 0.15) is 18.3 Å². The molecule has 2 heterocycles. The first-order valence-corrected chi connectivity index (χ1v) is 12.0. The third kappa shape index (κ3) is 5.64. The average Bonchev–Trinajstić information content (AvgIpc) is 3.31. The topological polar surface area (TPSA) is 97.3 Å². The first-order valence-electron chi connectivity index (χ1n) is 11.6. The average molecular weight is 468 g/mol. The minimum absolute atomic E-state index is 0.237. The van der Waals surface area contributed by atoms with Crippen molar-refractivity contribution < 1.29 is 29.2 Å². The van der Waals surface area contributed by atoms with Crippen molar-refractivity contribution in [1.29, 1.82) is 0 Å². The molecule has 3 N–H and O–H groups in total. The van der Waals surface area contributed by atoms with E-state index in [2.05, 4.69) is 5.32 Å². The van der Waals surface area contributed by atoms with Crippen molar-refractivity contribution in [3.8, 4) is 0 Å². The second-order valence-electron chi connectivity index (χ2n) is 9.92. The number of aliphatic hydroxyl groups is 2. The third-order valence-corrected chi connectivity index (χ3v) is 7.20. The molecule has 2 saturated carbocycles. The van der Waals surface area contributed by atoms with Crippen LogP contribution in [0.25, 0.3) is 0 Å². The van der Waals surface area contributed by atoms with Crippen LogP contribution in [0.3, 0.4) is 0 Å². The van der Waals surface area contributed by atoms with E-state index >= 15 is 0 Å². The fourth-order valence-corrected chi connectivity index (χ4v) is 5.09. The lowest BCUT2D eigenvalue weighted by Gasteiger charge is -2.26. The Balaban J connectivity index is 0.000000254. The number of ether oxygens (including phenoxy) is 3. The highest BCUT2D eigenvalue weighted by Crippen LogP contribution is 2.55. The number of aliphatic hydroxyl groups excluding tert-OH is 2. The van der Waals surface area contributed by atoms with Crippen LogP contribution in [0, 0.1) is 5.41 Å². The molecule has 2 saturated heterocycles. The summed E-state index contributed by atoms with van der Waals surface area (Å²) < 4.78 is 16.6. The Bertz CT molecular complexity index is 805. The van der Waals surface area contributed by atoms with Crippen molar-refractivity contribution in [2.75, 3.05) is 6.61 Å². The van der Waals surface area contributed by atoms with Crippen LogP contribution in [0.15, 0.2) is 24.3 Å². The van der Waals surface area contributed by atoms with Gasteiger partial charge in [-0.2, -0.15) is 0 Å². The molecular weight excluding hydrogens is 434 g/mol. The van der Waals surface area contributed by atoms with Crippen LogP contribution in [-0.4, -0.2) is 59.2 Å². The highest BCUT2D eigenvalue weighted by Gasteiger charge is 2.51. The van der Waals surface area contributed by atoms with Gasteiger partial charge in [-0.05, 0) is 63.1 Å². The van der Waals surface area contributed by atoms with E-state index in [0.29, 0.717) is 10.6 Å². The van der Waals surface area contributed by atoms with E-state index in [-0.39, 0.29) is 6.61 Å². The minimum atomic E-state index is -1.41. The Labute approximate surface area is 194 Å². The number of carbonyl (C=O) groups excluding carboxylic acids is 1. The Kier molecular flexibility index (Phi) is 7.15. The molecule has 5 rings (SSSR count). The number of nitrogens with one attached hydrogen (secondary N) is 1. The Morgan fingerprint density at radius 3 is 2.41 bits per heavy atom. The maximum Gasteiger partial charge on any atom is 0.251 e. The Morgan fingerprint density at radius 2 is 1.84 bits per heavy atom. The number of hydrogen-bond donors (Lipinski definition) is 3. The molecule has 1 aromatic rings. The van der Waals surface area contributed by atoms with Crippen LogP contribution in [0.5, 0.6) is 0 Å². The maximum absolute atomic E-state index is 12.4. The minimum Gasteiger partial charge on any atom is -0.386 e. The van der Waals surface area contributed by atoms with Crippen molar-refractivity contribution in [2.24, 2.45) is 5.41 Å². The van der Waals surface area contributed by atoms with Gasteiger partial charge in [0.05, 0.1) is 12.6 Å². The quantitative estimate of drug-likeness (QED) is 0.630. The number of hydrogen-bond acceptors (Lipinski definition) is 6. The summed E-state index contributed by atoms with van der Waals surface area (Å²) in [6.07, 6.45) is 6.88. The molecule has 7 nitrogen and oxygen atoms in total. The van der Waals surface area contributed by atoms with E-state index in [4.69, 9.17) is 25.8 Å². The van der Waals surface area contributed by atoms with E-state index in [1.54, 1.807) is 57.7 Å². The van der Waals surface area contributed by atoms with Gasteiger partial charge in [-0.25, -0.2) is 0 Å². The molecule has 32 heavy (non-hydrogen) atoms. The van der Waals surface area contributed by atoms with Crippen LogP contribution in [0.4, 0.5) is 0 Å². The van der Waals surface area contributed by atoms with E-state index in [1.165, 1.54) is 25.3 Å². The molecule has 0 aromatic heterocycles. The number of rotatable bonds is 3. The van der Waals surface area contributed by atoms with Gasteiger partial charge in [-0.15, -0.1) is 0 Å². The Morgan fingerprint density at radius 1 is 1.12 bits per heavy atom. The van der Waals surface area contributed by atoms with Crippen LogP contribution < -0.4 is 5.32 Å². The molecule has 4 fully saturated rings. The molecule has 2 aliphatic heterocycles. The van der Waals surface area contributed by atoms with E-state index in [1.807, 2.05) is 0 Å². The van der Waals surface area contributed by atoms with Crippen LogP contribution in [0.2, 0.25) is 5.02 Å². The maximum atomic E-state index is 12.4. The highest BCUT2D eigenvalue weighted by molar-refractivity contribution is 6.30. The lowest BCUT2D eigenvalue weighted by molar-refractivity contribution is -0.175. The molecule has 0 bridgehead atoms. The zero-order valence-corrected chi connectivity index (χ0v) is 19.5. The van der Waals surface area contributed by atoms with Gasteiger partial charge in [0.2, 0.25) is 0 Å². The van der Waals surface area contributed by atoms with Gasteiger partial charge in [0.15, 0.2) is 12.1 Å². The molecule has 1 amide bonds. The number of halogens is 1. The molecule has 5 atom stereocenters. The first kappa shape index (κ1) is 23.9. The molecule has 0 radical (unpaired) electrons. The summed E-state index contributed by atoms with van der Waals surface area (Å²) in [5.74, 6) is -1.21. The lowest BCUT2D eigenvalue weighted by Crippen LogP contribution is -2.51. The smallest absolute Gasteiger partial charge is 0.251 e. The fraction of sp³-hybridized carbons (Fsp3) is 0.708. The van der Waals surface area contributed by atoms with Gasteiger partial charge in [0, 0.05) is 10.6 Å². The normalized spacial score (nSPS) is 34.6. The van der Waals surface area contributed by atoms with Crippen molar-refractivity contribution in [3.63, 3.8) is 0 Å². The molecular formula is C24H34ClNO6. The Hall–Kier alpha value is -1.22. The lowest BCUT2D eigenvalue weighted by atomic mass is 9.87. The molecule has 178 valence electrons. The summed E-state index contributed by atoms with van der Waals surface area (Å²) in [6, 6.07) is 5.59. The molecule has 1 aromatic carbocycles. The van der Waals surface area contributed by atoms with Gasteiger partial charge < -0.3 is 29.7 Å². The number of benzene rings is 1. The van der Waals surface area contributed by atoms with Gasteiger partial charge in [-0.3, -0.25) is 4.79 Å². The number of carbonyl (C=O) groups is 1. The predicted octanol–water partition coefficient (Wildman–Crippen LogP) is 3.40. The standard InChI is InChI=1S/C16H20ClNO6.C8H14/c1-16(2)22-7-10(24-16)13-11(12(19)15(21)23-13)18-14(20)8-4-3-5-9(17)6-8;1-2-4-8(5-3-1)6-7-8/h3-6,10-13,15,19,21H,7H2,1-2H3,(H,18,20);1-7H2/t10-,11+,12-,13-,15+;/m1./s1. The summed E-state index contributed by atoms with van der Waals surface area (Å²) in [6.45, 7) is 3.75. The van der Waals surface area contributed by atoms with Gasteiger partial charge >= 0.3 is 0 Å². The van der Waals surface area contributed by atoms with Crippen LogP contribution in [-0.2, 0) is 14.2 Å². The molecule has 1 spiro atoms. The predicted molar refractivity (Wildman–Crippen MR) is 119 cm³/mol. The summed E-state index contributed by atoms with van der Waals surface area (Å²) >= 11 is 5.89. The zero-order valence-electron chi connectivity index (χ0n) is 18.8. The second kappa shape index (κ2) is 9.57. The molecule has 8 heteroatoms. The monoisotopic (exact) mass is 467 g/mol. The third-order valence-electron chi connectivity index (χ3n) is 6.96.